The molecule has 1 aromatic heterocycles. The molecule has 1 atom stereocenters. The molecule has 134 valence electrons. The first kappa shape index (κ1) is 18.9. The SMILES string of the molecule is Cc1cc(C)cc(N([C@@H](C)C(=O)NCc2cccnc2)S(C)(=O)=O)c1. The van der Waals surface area contributed by atoms with E-state index < -0.39 is 16.1 Å². The molecule has 0 aliphatic rings. The average Bonchev–Trinajstić information content (AvgIpc) is 2.51. The van der Waals surface area contributed by atoms with Crippen molar-refractivity contribution in [2.45, 2.75) is 33.4 Å². The van der Waals surface area contributed by atoms with Crippen LogP contribution in [0.15, 0.2) is 42.7 Å². The van der Waals surface area contributed by atoms with E-state index in [0.717, 1.165) is 27.3 Å². The van der Waals surface area contributed by atoms with Crippen LogP contribution in [-0.4, -0.2) is 31.6 Å². The topological polar surface area (TPSA) is 79.4 Å². The Hall–Kier alpha value is -2.41. The number of benzene rings is 1. The van der Waals surface area contributed by atoms with Crippen LogP contribution in [0.1, 0.15) is 23.6 Å². The van der Waals surface area contributed by atoms with E-state index in [1.165, 1.54) is 0 Å². The van der Waals surface area contributed by atoms with Gasteiger partial charge in [-0.15, -0.1) is 0 Å². The largest absolute Gasteiger partial charge is 0.350 e. The van der Waals surface area contributed by atoms with E-state index in [9.17, 15) is 13.2 Å². The number of nitrogens with zero attached hydrogens (tertiary/aromatic N) is 2. The number of amides is 1. The molecular weight excluding hydrogens is 338 g/mol. The lowest BCUT2D eigenvalue weighted by molar-refractivity contribution is -0.122. The molecule has 0 bridgehead atoms. The quantitative estimate of drug-likeness (QED) is 0.855. The highest BCUT2D eigenvalue weighted by atomic mass is 32.2. The molecular formula is C18H23N3O3S. The van der Waals surface area contributed by atoms with Gasteiger partial charge in [0.1, 0.15) is 6.04 Å². The highest BCUT2D eigenvalue weighted by molar-refractivity contribution is 7.92. The zero-order valence-electron chi connectivity index (χ0n) is 14.9. The van der Waals surface area contributed by atoms with E-state index >= 15 is 0 Å². The Bertz CT molecular complexity index is 831. The van der Waals surface area contributed by atoms with Gasteiger partial charge in [0.25, 0.3) is 0 Å². The summed E-state index contributed by atoms with van der Waals surface area (Å²) in [4.78, 5) is 16.5. The standard InChI is InChI=1S/C18H23N3O3S/c1-13-8-14(2)10-17(9-13)21(25(4,23)24)15(3)18(22)20-12-16-6-5-7-19-11-16/h5-11,15H,12H2,1-4H3,(H,20,22)/t15-/m0/s1. The molecule has 1 heterocycles. The summed E-state index contributed by atoms with van der Waals surface area (Å²) in [6, 6.07) is 8.24. The number of sulfonamides is 1. The molecule has 2 rings (SSSR count). The molecule has 1 aromatic carbocycles. The number of pyridine rings is 1. The molecule has 0 spiro atoms. The second-order valence-electron chi connectivity index (χ2n) is 6.16. The van der Waals surface area contributed by atoms with Crippen LogP contribution in [-0.2, 0) is 21.4 Å². The van der Waals surface area contributed by atoms with Crippen molar-refractivity contribution in [3.05, 3.63) is 59.4 Å². The highest BCUT2D eigenvalue weighted by Crippen LogP contribution is 2.23. The zero-order chi connectivity index (χ0) is 18.6. The minimum absolute atomic E-state index is 0.293. The van der Waals surface area contributed by atoms with Crippen LogP contribution in [0.5, 0.6) is 0 Å². The number of carbonyl (C=O) groups is 1. The van der Waals surface area contributed by atoms with E-state index in [1.54, 1.807) is 37.5 Å². The van der Waals surface area contributed by atoms with Crippen molar-refractivity contribution >= 4 is 21.6 Å². The molecule has 6 nitrogen and oxygen atoms in total. The molecule has 0 fully saturated rings. The van der Waals surface area contributed by atoms with Gasteiger partial charge in [-0.1, -0.05) is 12.1 Å². The Morgan fingerprint density at radius 2 is 1.88 bits per heavy atom. The second kappa shape index (κ2) is 7.65. The summed E-state index contributed by atoms with van der Waals surface area (Å²) in [6.07, 6.45) is 4.41. The first-order valence-electron chi connectivity index (χ1n) is 7.93. The molecule has 0 saturated carbocycles. The fourth-order valence-electron chi connectivity index (χ4n) is 2.73. The Balaban J connectivity index is 2.24. The molecule has 25 heavy (non-hydrogen) atoms. The first-order chi connectivity index (χ1) is 11.7. The van der Waals surface area contributed by atoms with Crippen LogP contribution in [0.2, 0.25) is 0 Å². The molecule has 2 aromatic rings. The lowest BCUT2D eigenvalue weighted by atomic mass is 10.1. The van der Waals surface area contributed by atoms with E-state index in [2.05, 4.69) is 10.3 Å². The minimum atomic E-state index is -3.62. The number of nitrogens with one attached hydrogen (secondary N) is 1. The Kier molecular flexibility index (Phi) is 5.79. The van der Waals surface area contributed by atoms with Crippen LogP contribution in [0, 0.1) is 13.8 Å². The van der Waals surface area contributed by atoms with Crippen molar-refractivity contribution in [2.75, 3.05) is 10.6 Å². The zero-order valence-corrected chi connectivity index (χ0v) is 15.7. The summed E-state index contributed by atoms with van der Waals surface area (Å²) >= 11 is 0. The van der Waals surface area contributed by atoms with Gasteiger partial charge in [0.05, 0.1) is 11.9 Å². The smallest absolute Gasteiger partial charge is 0.243 e. The van der Waals surface area contributed by atoms with Crippen LogP contribution in [0.3, 0.4) is 0 Å². The summed E-state index contributed by atoms with van der Waals surface area (Å²) in [5.74, 6) is -0.367. The Morgan fingerprint density at radius 1 is 1.24 bits per heavy atom. The van der Waals surface area contributed by atoms with Crippen molar-refractivity contribution in [2.24, 2.45) is 0 Å². The first-order valence-corrected chi connectivity index (χ1v) is 9.77. The number of hydrogen-bond acceptors (Lipinski definition) is 4. The van der Waals surface area contributed by atoms with Crippen LogP contribution in [0.25, 0.3) is 0 Å². The normalized spacial score (nSPS) is 12.5. The van der Waals surface area contributed by atoms with Gasteiger partial charge < -0.3 is 5.32 Å². The molecule has 0 aliphatic heterocycles. The summed E-state index contributed by atoms with van der Waals surface area (Å²) < 4.78 is 25.8. The second-order valence-corrected chi connectivity index (χ2v) is 8.02. The van der Waals surface area contributed by atoms with Gasteiger partial charge in [-0.25, -0.2) is 8.42 Å². The number of hydrogen-bond donors (Lipinski definition) is 1. The van der Waals surface area contributed by atoms with Crippen molar-refractivity contribution in [1.82, 2.24) is 10.3 Å². The lowest BCUT2D eigenvalue weighted by Crippen LogP contribution is -2.47. The van der Waals surface area contributed by atoms with Gasteiger partial charge in [-0.3, -0.25) is 14.1 Å². The molecule has 0 radical (unpaired) electrons. The Labute approximate surface area is 148 Å². The number of aryl methyl sites for hydroxylation is 2. The summed E-state index contributed by atoms with van der Waals surface area (Å²) in [5, 5.41) is 2.77. The maximum absolute atomic E-state index is 12.5. The van der Waals surface area contributed by atoms with Gasteiger partial charge >= 0.3 is 0 Å². The van der Waals surface area contributed by atoms with Crippen molar-refractivity contribution < 1.29 is 13.2 Å². The van der Waals surface area contributed by atoms with Crippen LogP contribution >= 0.6 is 0 Å². The number of rotatable bonds is 6. The van der Waals surface area contributed by atoms with E-state index in [0.29, 0.717) is 12.2 Å². The average molecular weight is 361 g/mol. The fourth-order valence-corrected chi connectivity index (χ4v) is 3.88. The number of carbonyl (C=O) groups excluding carboxylic acids is 1. The minimum Gasteiger partial charge on any atom is -0.350 e. The number of aromatic nitrogens is 1. The summed E-state index contributed by atoms with van der Waals surface area (Å²) in [7, 11) is -3.62. The van der Waals surface area contributed by atoms with Crippen LogP contribution in [0.4, 0.5) is 5.69 Å². The van der Waals surface area contributed by atoms with Crippen LogP contribution < -0.4 is 9.62 Å². The maximum atomic E-state index is 12.5. The van der Waals surface area contributed by atoms with Gasteiger partial charge in [0.15, 0.2) is 0 Å². The third kappa shape index (κ3) is 5.03. The van der Waals surface area contributed by atoms with Crippen molar-refractivity contribution in [3.8, 4) is 0 Å². The van der Waals surface area contributed by atoms with Gasteiger partial charge in [0, 0.05) is 18.9 Å². The lowest BCUT2D eigenvalue weighted by Gasteiger charge is -2.28. The van der Waals surface area contributed by atoms with Gasteiger partial charge in [-0.05, 0) is 55.7 Å². The summed E-state index contributed by atoms with van der Waals surface area (Å²) in [5.41, 5.74) is 3.21. The summed E-state index contributed by atoms with van der Waals surface area (Å²) in [6.45, 7) is 5.66. The third-order valence-electron chi connectivity index (χ3n) is 3.74. The monoisotopic (exact) mass is 361 g/mol. The predicted octanol–water partition coefficient (Wildman–Crippen LogP) is 2.17. The molecule has 1 N–H and O–H groups in total. The van der Waals surface area contributed by atoms with E-state index in [1.807, 2.05) is 26.0 Å². The highest BCUT2D eigenvalue weighted by Gasteiger charge is 2.29. The van der Waals surface area contributed by atoms with Gasteiger partial charge in [0.2, 0.25) is 15.9 Å². The number of anilines is 1. The van der Waals surface area contributed by atoms with E-state index in [-0.39, 0.29) is 5.91 Å². The maximum Gasteiger partial charge on any atom is 0.243 e. The Morgan fingerprint density at radius 3 is 2.40 bits per heavy atom. The molecule has 1 amide bonds. The molecule has 7 heteroatoms. The molecule has 0 unspecified atom stereocenters. The van der Waals surface area contributed by atoms with Gasteiger partial charge in [-0.2, -0.15) is 0 Å². The fraction of sp³-hybridized carbons (Fsp3) is 0.333. The third-order valence-corrected chi connectivity index (χ3v) is 4.98. The van der Waals surface area contributed by atoms with Crippen molar-refractivity contribution in [3.63, 3.8) is 0 Å². The van der Waals surface area contributed by atoms with E-state index in [4.69, 9.17) is 0 Å². The molecule has 0 saturated heterocycles. The predicted molar refractivity (Wildman–Crippen MR) is 98.8 cm³/mol. The molecule has 0 aliphatic carbocycles. The van der Waals surface area contributed by atoms with Crippen molar-refractivity contribution in [1.29, 1.82) is 0 Å².